The second-order valence-electron chi connectivity index (χ2n) is 7.73. The van der Waals surface area contributed by atoms with E-state index in [-0.39, 0.29) is 11.3 Å². The Kier molecular flexibility index (Phi) is 3.77. The highest BCUT2D eigenvalue weighted by atomic mass is 32.1. The Labute approximate surface area is 146 Å². The average molecular weight is 344 g/mol. The first-order chi connectivity index (χ1) is 11.5. The minimum atomic E-state index is -0.416. The Morgan fingerprint density at radius 1 is 1.17 bits per heavy atom. The summed E-state index contributed by atoms with van der Waals surface area (Å²) in [7, 11) is 0. The van der Waals surface area contributed by atoms with Gasteiger partial charge in [-0.25, -0.2) is 4.98 Å². The molecule has 128 valence electrons. The van der Waals surface area contributed by atoms with Crippen LogP contribution in [-0.4, -0.2) is 42.6 Å². The van der Waals surface area contributed by atoms with Crippen molar-refractivity contribution in [3.8, 4) is 0 Å². The minimum Gasteiger partial charge on any atom is -0.354 e. The zero-order valence-corrected chi connectivity index (χ0v) is 15.1. The van der Waals surface area contributed by atoms with Crippen LogP contribution in [0.15, 0.2) is 24.3 Å². The fraction of sp³-hybridized carbons (Fsp3) is 0.556. The number of anilines is 1. The van der Waals surface area contributed by atoms with Crippen LogP contribution < -0.4 is 15.5 Å². The van der Waals surface area contributed by atoms with Gasteiger partial charge in [0.1, 0.15) is 5.54 Å². The van der Waals surface area contributed by atoms with Crippen LogP contribution in [0.5, 0.6) is 0 Å². The second kappa shape index (κ2) is 5.70. The molecule has 1 amide bonds. The van der Waals surface area contributed by atoms with Gasteiger partial charge in [0.2, 0.25) is 5.91 Å². The molecule has 5 nitrogen and oxygen atoms in total. The lowest BCUT2D eigenvalue weighted by molar-refractivity contribution is -0.127. The van der Waals surface area contributed by atoms with Gasteiger partial charge >= 0.3 is 0 Å². The number of amides is 1. The lowest BCUT2D eigenvalue weighted by Gasteiger charge is -2.40. The number of hydrogen-bond donors (Lipinski definition) is 2. The molecule has 2 aromatic rings. The first-order valence-corrected chi connectivity index (χ1v) is 9.43. The van der Waals surface area contributed by atoms with E-state index in [1.807, 2.05) is 6.07 Å². The standard InChI is InChI=1S/C18H24N4OS/c1-17(2)11-19-15(23)18(20-12-17)7-9-22(10-8-18)16-21-13-5-3-4-6-14(13)24-16/h3-6,20H,7-12H2,1-2H3,(H,19,23). The normalized spacial score (nSPS) is 23.2. The van der Waals surface area contributed by atoms with E-state index in [2.05, 4.69) is 47.6 Å². The molecule has 2 fully saturated rings. The van der Waals surface area contributed by atoms with Gasteiger partial charge in [-0.15, -0.1) is 0 Å². The van der Waals surface area contributed by atoms with E-state index in [1.54, 1.807) is 11.3 Å². The third-order valence-electron chi connectivity index (χ3n) is 5.24. The van der Waals surface area contributed by atoms with Crippen LogP contribution in [0.4, 0.5) is 5.13 Å². The van der Waals surface area contributed by atoms with Gasteiger partial charge in [0.05, 0.1) is 10.2 Å². The second-order valence-corrected chi connectivity index (χ2v) is 8.74. The smallest absolute Gasteiger partial charge is 0.240 e. The van der Waals surface area contributed by atoms with Crippen LogP contribution in [0.2, 0.25) is 0 Å². The van der Waals surface area contributed by atoms with Crippen molar-refractivity contribution >= 4 is 32.6 Å². The molecule has 1 spiro atoms. The van der Waals surface area contributed by atoms with Crippen molar-refractivity contribution in [1.82, 2.24) is 15.6 Å². The number of nitrogens with one attached hydrogen (secondary N) is 2. The number of piperidine rings is 1. The summed E-state index contributed by atoms with van der Waals surface area (Å²) < 4.78 is 1.22. The number of thiazole rings is 1. The SMILES string of the molecule is CC1(C)CNC(=O)C2(CCN(c3nc4ccccc4s3)CC2)NC1. The summed E-state index contributed by atoms with van der Waals surface area (Å²) >= 11 is 1.74. The van der Waals surface area contributed by atoms with Crippen LogP contribution in [0, 0.1) is 5.41 Å². The summed E-state index contributed by atoms with van der Waals surface area (Å²) in [5.74, 6) is 0.164. The molecule has 0 radical (unpaired) electrons. The molecule has 0 unspecified atom stereocenters. The van der Waals surface area contributed by atoms with Crippen molar-refractivity contribution in [2.75, 3.05) is 31.1 Å². The van der Waals surface area contributed by atoms with Gasteiger partial charge in [-0.05, 0) is 30.4 Å². The van der Waals surface area contributed by atoms with Crippen LogP contribution >= 0.6 is 11.3 Å². The molecule has 0 saturated carbocycles. The number of para-hydroxylation sites is 1. The summed E-state index contributed by atoms with van der Waals surface area (Å²) in [5, 5.41) is 7.79. The third kappa shape index (κ3) is 2.78. The van der Waals surface area contributed by atoms with E-state index in [0.717, 1.165) is 49.7 Å². The molecule has 1 aromatic carbocycles. The summed E-state index contributed by atoms with van der Waals surface area (Å²) in [4.78, 5) is 19.7. The van der Waals surface area contributed by atoms with E-state index in [9.17, 15) is 4.79 Å². The zero-order chi connectivity index (χ0) is 16.8. The summed E-state index contributed by atoms with van der Waals surface area (Å²) in [6.45, 7) is 7.71. The molecule has 0 atom stereocenters. The van der Waals surface area contributed by atoms with Crippen molar-refractivity contribution in [3.05, 3.63) is 24.3 Å². The maximum absolute atomic E-state index is 12.7. The maximum atomic E-state index is 12.7. The molecule has 2 saturated heterocycles. The maximum Gasteiger partial charge on any atom is 0.240 e. The highest BCUT2D eigenvalue weighted by molar-refractivity contribution is 7.22. The topological polar surface area (TPSA) is 57.3 Å². The molecule has 1 aromatic heterocycles. The van der Waals surface area contributed by atoms with Crippen LogP contribution in [0.1, 0.15) is 26.7 Å². The van der Waals surface area contributed by atoms with Gasteiger partial charge in [-0.2, -0.15) is 0 Å². The van der Waals surface area contributed by atoms with Gasteiger partial charge in [-0.3, -0.25) is 4.79 Å². The summed E-state index contributed by atoms with van der Waals surface area (Å²) in [6, 6.07) is 8.25. The molecule has 4 rings (SSSR count). The van der Waals surface area contributed by atoms with Crippen molar-refractivity contribution in [1.29, 1.82) is 0 Å². The third-order valence-corrected chi connectivity index (χ3v) is 6.33. The van der Waals surface area contributed by atoms with Crippen molar-refractivity contribution < 1.29 is 4.79 Å². The predicted molar refractivity (Wildman–Crippen MR) is 98.6 cm³/mol. The lowest BCUT2D eigenvalue weighted by Crippen LogP contribution is -2.60. The molecule has 3 heterocycles. The molecule has 2 N–H and O–H groups in total. The van der Waals surface area contributed by atoms with Gasteiger partial charge in [0, 0.05) is 26.2 Å². The van der Waals surface area contributed by atoms with Gasteiger partial charge in [0.15, 0.2) is 5.13 Å². The fourth-order valence-electron chi connectivity index (χ4n) is 3.52. The number of hydrogen-bond acceptors (Lipinski definition) is 5. The fourth-order valence-corrected chi connectivity index (χ4v) is 4.54. The van der Waals surface area contributed by atoms with Gasteiger partial charge in [-0.1, -0.05) is 37.3 Å². The van der Waals surface area contributed by atoms with E-state index in [1.165, 1.54) is 4.70 Å². The monoisotopic (exact) mass is 344 g/mol. The highest BCUT2D eigenvalue weighted by Gasteiger charge is 2.44. The molecule has 2 aliphatic rings. The largest absolute Gasteiger partial charge is 0.354 e. The van der Waals surface area contributed by atoms with Crippen LogP contribution in [0.3, 0.4) is 0 Å². The van der Waals surface area contributed by atoms with E-state index >= 15 is 0 Å². The Morgan fingerprint density at radius 2 is 1.92 bits per heavy atom. The molecule has 0 aliphatic carbocycles. The zero-order valence-electron chi connectivity index (χ0n) is 14.3. The highest BCUT2D eigenvalue weighted by Crippen LogP contribution is 2.33. The summed E-state index contributed by atoms with van der Waals surface area (Å²) in [6.07, 6.45) is 1.65. The first-order valence-electron chi connectivity index (χ1n) is 8.61. The van der Waals surface area contributed by atoms with Crippen molar-refractivity contribution in [2.45, 2.75) is 32.2 Å². The molecule has 0 bridgehead atoms. The number of aromatic nitrogens is 1. The number of nitrogens with zero attached hydrogens (tertiary/aromatic N) is 2. The molecule has 24 heavy (non-hydrogen) atoms. The van der Waals surface area contributed by atoms with E-state index in [0.29, 0.717) is 0 Å². The average Bonchev–Trinajstić information content (AvgIpc) is 2.98. The quantitative estimate of drug-likeness (QED) is 0.834. The Morgan fingerprint density at radius 3 is 2.67 bits per heavy atom. The Bertz CT molecular complexity index is 728. The van der Waals surface area contributed by atoms with Crippen molar-refractivity contribution in [2.24, 2.45) is 5.41 Å². The molecular formula is C18H24N4OS. The van der Waals surface area contributed by atoms with E-state index < -0.39 is 5.54 Å². The van der Waals surface area contributed by atoms with Crippen LogP contribution in [-0.2, 0) is 4.79 Å². The van der Waals surface area contributed by atoms with Gasteiger partial charge < -0.3 is 15.5 Å². The number of carbonyl (C=O) groups is 1. The van der Waals surface area contributed by atoms with Crippen LogP contribution in [0.25, 0.3) is 10.2 Å². The molecule has 6 heteroatoms. The lowest BCUT2D eigenvalue weighted by atomic mass is 9.86. The number of carbonyl (C=O) groups excluding carboxylic acids is 1. The van der Waals surface area contributed by atoms with Gasteiger partial charge in [0.25, 0.3) is 0 Å². The number of benzene rings is 1. The predicted octanol–water partition coefficient (Wildman–Crippen LogP) is 2.38. The minimum absolute atomic E-state index is 0.101. The molecular weight excluding hydrogens is 320 g/mol. The first kappa shape index (κ1) is 15.8. The molecule has 2 aliphatic heterocycles. The summed E-state index contributed by atoms with van der Waals surface area (Å²) in [5.41, 5.74) is 0.745. The Balaban J connectivity index is 1.50. The number of rotatable bonds is 1. The Hall–Kier alpha value is -1.66. The van der Waals surface area contributed by atoms with E-state index in [4.69, 9.17) is 4.98 Å². The van der Waals surface area contributed by atoms with Crippen molar-refractivity contribution in [3.63, 3.8) is 0 Å². The number of fused-ring (bicyclic) bond motifs is 1.